The molecule has 4 rings (SSSR count). The number of nitrogens with zero attached hydrogens (tertiary/aromatic N) is 1. The maximum atomic E-state index is 13.0. The lowest BCUT2D eigenvalue weighted by atomic mass is 10.0. The summed E-state index contributed by atoms with van der Waals surface area (Å²) in [5.74, 6) is 0. The zero-order chi connectivity index (χ0) is 20.3. The fourth-order valence-corrected chi connectivity index (χ4v) is 4.60. The Bertz CT molecular complexity index is 1130. The molecule has 1 aliphatic heterocycles. The number of carbonyl (C=O) groups excluding carboxylic acids is 1. The molecule has 0 atom stereocenters. The van der Waals surface area contributed by atoms with Crippen LogP contribution in [0.1, 0.15) is 5.56 Å². The molecular weight excluding hydrogens is 386 g/mol. The fourth-order valence-electron chi connectivity index (χ4n) is 3.35. The van der Waals surface area contributed by atoms with E-state index in [9.17, 15) is 13.2 Å². The van der Waals surface area contributed by atoms with Crippen LogP contribution in [0.4, 0.5) is 10.5 Å². The van der Waals surface area contributed by atoms with Crippen molar-refractivity contribution in [2.24, 2.45) is 0 Å². The third-order valence-corrected chi connectivity index (χ3v) is 6.27. The first-order valence-electron chi connectivity index (χ1n) is 9.33. The molecule has 7 heteroatoms. The van der Waals surface area contributed by atoms with Gasteiger partial charge in [0.25, 0.3) is 0 Å². The summed E-state index contributed by atoms with van der Waals surface area (Å²) in [5.41, 5.74) is 2.95. The minimum absolute atomic E-state index is 0.146. The first kappa shape index (κ1) is 19.2. The number of amides is 2. The van der Waals surface area contributed by atoms with Crippen LogP contribution in [-0.2, 0) is 16.6 Å². The minimum Gasteiger partial charge on any atom is -0.336 e. The van der Waals surface area contributed by atoms with Gasteiger partial charge in [-0.25, -0.2) is 17.9 Å². The van der Waals surface area contributed by atoms with Crippen molar-refractivity contribution in [3.63, 3.8) is 0 Å². The lowest BCUT2D eigenvalue weighted by Crippen LogP contribution is -2.27. The second-order valence-corrected chi connectivity index (χ2v) is 8.48. The summed E-state index contributed by atoms with van der Waals surface area (Å²) in [7, 11) is -3.72. The van der Waals surface area contributed by atoms with Crippen LogP contribution < -0.4 is 14.9 Å². The molecule has 0 saturated carbocycles. The van der Waals surface area contributed by atoms with Crippen molar-refractivity contribution in [3.05, 3.63) is 84.4 Å². The topological polar surface area (TPSA) is 78.5 Å². The Morgan fingerprint density at radius 1 is 0.931 bits per heavy atom. The number of hydrogen-bond acceptors (Lipinski definition) is 3. The molecule has 2 amide bonds. The van der Waals surface area contributed by atoms with Gasteiger partial charge >= 0.3 is 6.03 Å². The Labute approximate surface area is 170 Å². The molecule has 3 aromatic rings. The van der Waals surface area contributed by atoms with E-state index in [-0.39, 0.29) is 17.5 Å². The van der Waals surface area contributed by atoms with Crippen LogP contribution in [0, 0.1) is 0 Å². The van der Waals surface area contributed by atoms with Crippen LogP contribution in [0.15, 0.2) is 83.8 Å². The molecular formula is C22H21N3O3S. The van der Waals surface area contributed by atoms with Gasteiger partial charge in [-0.2, -0.15) is 0 Å². The van der Waals surface area contributed by atoms with Gasteiger partial charge in [-0.3, -0.25) is 4.90 Å². The second kappa shape index (κ2) is 8.06. The number of urea groups is 1. The van der Waals surface area contributed by atoms with Gasteiger partial charge in [0.05, 0.1) is 4.90 Å². The molecule has 29 heavy (non-hydrogen) atoms. The van der Waals surface area contributed by atoms with Gasteiger partial charge in [-0.15, -0.1) is 0 Å². The summed E-state index contributed by atoms with van der Waals surface area (Å²) in [6.07, 6.45) is 0. The first-order chi connectivity index (χ1) is 14.0. The van der Waals surface area contributed by atoms with Crippen LogP contribution in [-0.4, -0.2) is 27.5 Å². The van der Waals surface area contributed by atoms with E-state index in [0.29, 0.717) is 18.7 Å². The molecule has 6 nitrogen and oxygen atoms in total. The predicted octanol–water partition coefficient (Wildman–Crippen LogP) is 3.36. The number of rotatable bonds is 6. The van der Waals surface area contributed by atoms with Gasteiger partial charge in [0.1, 0.15) is 0 Å². The van der Waals surface area contributed by atoms with Crippen molar-refractivity contribution in [1.82, 2.24) is 10.0 Å². The van der Waals surface area contributed by atoms with Crippen molar-refractivity contribution >= 4 is 21.7 Å². The van der Waals surface area contributed by atoms with Crippen LogP contribution in [0.5, 0.6) is 0 Å². The normalized spacial score (nSPS) is 14.1. The first-order valence-corrected chi connectivity index (χ1v) is 10.8. The monoisotopic (exact) mass is 407 g/mol. The average molecular weight is 407 g/mol. The standard InChI is InChI=1S/C22H21N3O3S/c26-22-23-13-14-25(22)19-10-6-9-18(15-19)20-11-4-5-12-21(20)29(27,28)24-16-17-7-2-1-3-8-17/h1-12,15,24H,13-14,16H2,(H,23,26). The maximum Gasteiger partial charge on any atom is 0.321 e. The molecule has 1 heterocycles. The van der Waals surface area contributed by atoms with E-state index in [1.807, 2.05) is 54.6 Å². The summed E-state index contributed by atoms with van der Waals surface area (Å²) < 4.78 is 28.7. The molecule has 0 bridgehead atoms. The molecule has 0 aliphatic carbocycles. The zero-order valence-electron chi connectivity index (χ0n) is 15.7. The summed E-state index contributed by atoms with van der Waals surface area (Å²) >= 11 is 0. The molecule has 1 aliphatic rings. The van der Waals surface area contributed by atoms with E-state index in [0.717, 1.165) is 16.8 Å². The highest BCUT2D eigenvalue weighted by Gasteiger charge is 2.23. The molecule has 0 aromatic heterocycles. The Morgan fingerprint density at radius 3 is 2.45 bits per heavy atom. The van der Waals surface area contributed by atoms with E-state index >= 15 is 0 Å². The lowest BCUT2D eigenvalue weighted by Gasteiger charge is -2.17. The lowest BCUT2D eigenvalue weighted by molar-refractivity contribution is 0.252. The highest BCUT2D eigenvalue weighted by atomic mass is 32.2. The van der Waals surface area contributed by atoms with Gasteiger partial charge in [0.15, 0.2) is 0 Å². The number of carbonyl (C=O) groups is 1. The average Bonchev–Trinajstić information content (AvgIpc) is 3.19. The smallest absolute Gasteiger partial charge is 0.321 e. The molecule has 1 fully saturated rings. The van der Waals surface area contributed by atoms with Crippen LogP contribution in [0.25, 0.3) is 11.1 Å². The summed E-state index contributed by atoms with van der Waals surface area (Å²) in [6.45, 7) is 1.39. The summed E-state index contributed by atoms with van der Waals surface area (Å²) in [6, 6.07) is 23.5. The third-order valence-electron chi connectivity index (χ3n) is 4.81. The van der Waals surface area contributed by atoms with Crippen molar-refractivity contribution in [1.29, 1.82) is 0 Å². The molecule has 3 aromatic carbocycles. The summed E-state index contributed by atoms with van der Waals surface area (Å²) in [5, 5.41) is 2.78. The molecule has 148 valence electrons. The van der Waals surface area contributed by atoms with E-state index in [4.69, 9.17) is 0 Å². The number of nitrogens with one attached hydrogen (secondary N) is 2. The second-order valence-electron chi connectivity index (χ2n) is 6.74. The SMILES string of the molecule is O=C1NCCN1c1cccc(-c2ccccc2S(=O)(=O)NCc2ccccc2)c1. The van der Waals surface area contributed by atoms with Crippen molar-refractivity contribution in [3.8, 4) is 11.1 Å². The van der Waals surface area contributed by atoms with E-state index in [2.05, 4.69) is 10.0 Å². The highest BCUT2D eigenvalue weighted by molar-refractivity contribution is 7.89. The Hall–Kier alpha value is -3.16. The fraction of sp³-hybridized carbons (Fsp3) is 0.136. The van der Waals surface area contributed by atoms with E-state index in [1.165, 1.54) is 0 Å². The molecule has 0 unspecified atom stereocenters. The van der Waals surface area contributed by atoms with Gasteiger partial charge in [0.2, 0.25) is 10.0 Å². The Morgan fingerprint density at radius 2 is 1.69 bits per heavy atom. The Balaban J connectivity index is 1.66. The predicted molar refractivity (Wildman–Crippen MR) is 113 cm³/mol. The van der Waals surface area contributed by atoms with Gasteiger partial charge in [-0.05, 0) is 29.3 Å². The van der Waals surface area contributed by atoms with Gasteiger partial charge in [0, 0.05) is 30.9 Å². The largest absolute Gasteiger partial charge is 0.336 e. The Kier molecular flexibility index (Phi) is 5.33. The van der Waals surface area contributed by atoms with Crippen molar-refractivity contribution < 1.29 is 13.2 Å². The van der Waals surface area contributed by atoms with Crippen LogP contribution >= 0.6 is 0 Å². The van der Waals surface area contributed by atoms with Gasteiger partial charge in [-0.1, -0.05) is 60.7 Å². The molecule has 0 spiro atoms. The van der Waals surface area contributed by atoms with Gasteiger partial charge < -0.3 is 5.32 Å². The van der Waals surface area contributed by atoms with Crippen molar-refractivity contribution in [2.75, 3.05) is 18.0 Å². The van der Waals surface area contributed by atoms with Crippen molar-refractivity contribution in [2.45, 2.75) is 11.4 Å². The molecule has 2 N–H and O–H groups in total. The number of anilines is 1. The minimum atomic E-state index is -3.72. The molecule has 0 radical (unpaired) electrons. The number of hydrogen-bond donors (Lipinski definition) is 2. The quantitative estimate of drug-likeness (QED) is 0.658. The van der Waals surface area contributed by atoms with E-state index in [1.54, 1.807) is 29.2 Å². The highest BCUT2D eigenvalue weighted by Crippen LogP contribution is 2.30. The zero-order valence-corrected chi connectivity index (χ0v) is 16.5. The third kappa shape index (κ3) is 4.16. The maximum absolute atomic E-state index is 13.0. The van der Waals surface area contributed by atoms with Crippen LogP contribution in [0.2, 0.25) is 0 Å². The number of benzene rings is 3. The molecule has 1 saturated heterocycles. The number of sulfonamides is 1. The van der Waals surface area contributed by atoms with E-state index < -0.39 is 10.0 Å². The van der Waals surface area contributed by atoms with Crippen LogP contribution in [0.3, 0.4) is 0 Å². The summed E-state index contributed by atoms with van der Waals surface area (Å²) in [4.78, 5) is 13.8.